The standard InChI is InChI=1S/C50H78N4O5/c1-4-7-10-13-16-19-22-25-32-57-46-37-41(50(56)54-45-30-28-44(29-31-45)53-49(55)40-35-42(51)39-43(52)36-40)38-47(58-33-26-23-20-17-14-11-8-5-2)48(46)59-34-27-24-21-18-15-12-9-6-3/h28-31,35-39H,4-27,32-34,51-52H2,1-3H3,(H,53,55)(H,54,56). The van der Waals surface area contributed by atoms with E-state index < -0.39 is 0 Å². The highest BCUT2D eigenvalue weighted by Gasteiger charge is 2.20. The SMILES string of the molecule is CCCCCCCCCCOc1cc(C(=O)Nc2ccc(NC(=O)c3cc(N)cc(N)c3)cc2)cc(OCCCCCCCCCC)c1OCCCCCCCCCC. The number of nitrogens with two attached hydrogens (primary N) is 2. The monoisotopic (exact) mass is 815 g/mol. The van der Waals surface area contributed by atoms with Crippen LogP contribution in [-0.4, -0.2) is 31.6 Å². The number of nitrogen functional groups attached to an aromatic ring is 2. The van der Waals surface area contributed by atoms with Crippen molar-refractivity contribution in [2.24, 2.45) is 0 Å². The molecule has 0 atom stereocenters. The van der Waals surface area contributed by atoms with E-state index in [9.17, 15) is 9.59 Å². The molecule has 328 valence electrons. The summed E-state index contributed by atoms with van der Waals surface area (Å²) in [5.41, 5.74) is 14.5. The lowest BCUT2D eigenvalue weighted by atomic mass is 10.1. The van der Waals surface area contributed by atoms with Crippen LogP contribution in [0.3, 0.4) is 0 Å². The van der Waals surface area contributed by atoms with E-state index in [0.29, 0.717) is 70.9 Å². The number of hydrogen-bond donors (Lipinski definition) is 4. The Morgan fingerprint density at radius 2 is 0.729 bits per heavy atom. The molecule has 0 aliphatic rings. The van der Waals surface area contributed by atoms with Crippen molar-refractivity contribution in [3.8, 4) is 17.2 Å². The van der Waals surface area contributed by atoms with Gasteiger partial charge in [0.05, 0.1) is 19.8 Å². The van der Waals surface area contributed by atoms with Gasteiger partial charge in [0.25, 0.3) is 11.8 Å². The first-order valence-corrected chi connectivity index (χ1v) is 23.3. The number of amides is 2. The molecule has 2 amide bonds. The summed E-state index contributed by atoms with van der Waals surface area (Å²) >= 11 is 0. The predicted octanol–water partition coefficient (Wildman–Crippen LogP) is 13.9. The molecule has 0 spiro atoms. The maximum atomic E-state index is 13.9. The molecule has 0 heterocycles. The van der Waals surface area contributed by atoms with Gasteiger partial charge in [-0.25, -0.2) is 0 Å². The molecular formula is C50H78N4O5. The Labute approximate surface area is 357 Å². The third-order valence-electron chi connectivity index (χ3n) is 10.7. The molecule has 6 N–H and O–H groups in total. The molecule has 0 unspecified atom stereocenters. The molecule has 0 aromatic heterocycles. The second kappa shape index (κ2) is 30.6. The van der Waals surface area contributed by atoms with Crippen LogP contribution in [0.15, 0.2) is 54.6 Å². The van der Waals surface area contributed by atoms with Gasteiger partial charge in [0.1, 0.15) is 0 Å². The summed E-state index contributed by atoms with van der Waals surface area (Å²) in [5.74, 6) is 1.06. The molecular weight excluding hydrogens is 737 g/mol. The second-order valence-electron chi connectivity index (χ2n) is 16.1. The predicted molar refractivity (Wildman–Crippen MR) is 248 cm³/mol. The molecule has 0 radical (unpaired) electrons. The van der Waals surface area contributed by atoms with Gasteiger partial charge < -0.3 is 36.3 Å². The average molecular weight is 815 g/mol. The second-order valence-corrected chi connectivity index (χ2v) is 16.1. The first kappa shape index (κ1) is 49.0. The van der Waals surface area contributed by atoms with E-state index >= 15 is 0 Å². The number of rotatable bonds is 34. The third-order valence-corrected chi connectivity index (χ3v) is 10.7. The summed E-state index contributed by atoms with van der Waals surface area (Å²) in [6.07, 6.45) is 29.0. The van der Waals surface area contributed by atoms with Crippen LogP contribution in [0.2, 0.25) is 0 Å². The number of carbonyl (C=O) groups is 2. The van der Waals surface area contributed by atoms with Gasteiger partial charge in [-0.05, 0) is 73.9 Å². The van der Waals surface area contributed by atoms with E-state index in [4.69, 9.17) is 25.7 Å². The topological polar surface area (TPSA) is 138 Å². The van der Waals surface area contributed by atoms with Crippen molar-refractivity contribution >= 4 is 34.6 Å². The highest BCUT2D eigenvalue weighted by atomic mass is 16.5. The Balaban J connectivity index is 1.73. The number of benzene rings is 3. The van der Waals surface area contributed by atoms with Crippen LogP contribution in [-0.2, 0) is 0 Å². The Hall–Kier alpha value is -4.40. The number of unbranched alkanes of at least 4 members (excludes halogenated alkanes) is 21. The molecule has 9 nitrogen and oxygen atoms in total. The Bertz CT molecular complexity index is 1530. The first-order chi connectivity index (χ1) is 28.8. The lowest BCUT2D eigenvalue weighted by molar-refractivity contribution is 0.101. The van der Waals surface area contributed by atoms with Gasteiger partial charge in [-0.2, -0.15) is 0 Å². The molecule has 0 bridgehead atoms. The van der Waals surface area contributed by atoms with E-state index in [-0.39, 0.29) is 11.8 Å². The molecule has 0 saturated carbocycles. The normalized spacial score (nSPS) is 11.0. The minimum Gasteiger partial charge on any atom is -0.490 e. The van der Waals surface area contributed by atoms with Gasteiger partial charge in [-0.15, -0.1) is 0 Å². The molecule has 3 aromatic rings. The fourth-order valence-electron chi connectivity index (χ4n) is 7.16. The van der Waals surface area contributed by atoms with Crippen LogP contribution in [0, 0.1) is 0 Å². The molecule has 9 heteroatoms. The quantitative estimate of drug-likeness (QED) is 0.0348. The van der Waals surface area contributed by atoms with E-state index in [2.05, 4.69) is 31.4 Å². The molecule has 0 aliphatic heterocycles. The minimum absolute atomic E-state index is 0.291. The van der Waals surface area contributed by atoms with Crippen LogP contribution in [0.25, 0.3) is 0 Å². The highest BCUT2D eigenvalue weighted by Crippen LogP contribution is 2.40. The van der Waals surface area contributed by atoms with Gasteiger partial charge in [0, 0.05) is 33.9 Å². The van der Waals surface area contributed by atoms with E-state index in [1.165, 1.54) is 116 Å². The van der Waals surface area contributed by atoms with Crippen LogP contribution in [0.1, 0.15) is 196 Å². The van der Waals surface area contributed by atoms with Crippen molar-refractivity contribution in [3.05, 3.63) is 65.7 Å². The number of nitrogens with one attached hydrogen (secondary N) is 2. The van der Waals surface area contributed by atoms with Crippen LogP contribution in [0.4, 0.5) is 22.7 Å². The van der Waals surface area contributed by atoms with Crippen LogP contribution in [0.5, 0.6) is 17.2 Å². The maximum Gasteiger partial charge on any atom is 0.255 e. The van der Waals surface area contributed by atoms with Crippen LogP contribution >= 0.6 is 0 Å². The van der Waals surface area contributed by atoms with E-state index in [0.717, 1.165) is 38.5 Å². The fraction of sp³-hybridized carbons (Fsp3) is 0.600. The van der Waals surface area contributed by atoms with Crippen molar-refractivity contribution in [2.75, 3.05) is 41.9 Å². The molecule has 0 saturated heterocycles. The van der Waals surface area contributed by atoms with Crippen molar-refractivity contribution in [3.63, 3.8) is 0 Å². The van der Waals surface area contributed by atoms with Gasteiger partial charge in [-0.3, -0.25) is 9.59 Å². The van der Waals surface area contributed by atoms with Gasteiger partial charge in [0.15, 0.2) is 11.5 Å². The van der Waals surface area contributed by atoms with Gasteiger partial charge in [0.2, 0.25) is 5.75 Å². The summed E-state index contributed by atoms with van der Waals surface area (Å²) < 4.78 is 19.4. The van der Waals surface area contributed by atoms with Crippen molar-refractivity contribution < 1.29 is 23.8 Å². The summed E-state index contributed by atoms with van der Waals surface area (Å²) in [5, 5.41) is 5.88. The van der Waals surface area contributed by atoms with Crippen LogP contribution < -0.4 is 36.3 Å². The molecule has 3 rings (SSSR count). The number of ether oxygens (including phenoxy) is 3. The molecule has 0 aliphatic carbocycles. The van der Waals surface area contributed by atoms with Crippen molar-refractivity contribution in [1.82, 2.24) is 0 Å². The molecule has 59 heavy (non-hydrogen) atoms. The number of hydrogen-bond acceptors (Lipinski definition) is 7. The zero-order chi connectivity index (χ0) is 42.3. The summed E-state index contributed by atoms with van der Waals surface area (Å²) in [7, 11) is 0. The first-order valence-electron chi connectivity index (χ1n) is 23.3. The minimum atomic E-state index is -0.329. The third kappa shape index (κ3) is 20.9. The zero-order valence-electron chi connectivity index (χ0n) is 37.0. The largest absolute Gasteiger partial charge is 0.490 e. The summed E-state index contributed by atoms with van der Waals surface area (Å²) in [6.45, 7) is 8.40. The number of anilines is 4. The zero-order valence-corrected chi connectivity index (χ0v) is 37.0. The summed E-state index contributed by atoms with van der Waals surface area (Å²) in [6, 6.07) is 15.3. The highest BCUT2D eigenvalue weighted by molar-refractivity contribution is 6.06. The van der Waals surface area contributed by atoms with E-state index in [1.807, 2.05) is 0 Å². The fourth-order valence-corrected chi connectivity index (χ4v) is 7.16. The van der Waals surface area contributed by atoms with E-state index in [1.54, 1.807) is 54.6 Å². The Morgan fingerprint density at radius 3 is 1.08 bits per heavy atom. The number of carbonyl (C=O) groups excluding carboxylic acids is 2. The van der Waals surface area contributed by atoms with Crippen molar-refractivity contribution in [2.45, 2.75) is 175 Å². The lowest BCUT2D eigenvalue weighted by Gasteiger charge is -2.19. The Kier molecular flexibility index (Phi) is 25.4. The Morgan fingerprint density at radius 1 is 0.424 bits per heavy atom. The smallest absolute Gasteiger partial charge is 0.255 e. The van der Waals surface area contributed by atoms with Gasteiger partial charge >= 0.3 is 0 Å². The maximum absolute atomic E-state index is 13.9. The average Bonchev–Trinajstić information content (AvgIpc) is 3.22. The van der Waals surface area contributed by atoms with Crippen molar-refractivity contribution in [1.29, 1.82) is 0 Å². The summed E-state index contributed by atoms with van der Waals surface area (Å²) in [4.78, 5) is 26.7. The lowest BCUT2D eigenvalue weighted by Crippen LogP contribution is -2.14. The molecule has 3 aromatic carbocycles. The molecule has 0 fully saturated rings. The van der Waals surface area contributed by atoms with Gasteiger partial charge in [-0.1, -0.05) is 156 Å².